The molecule has 0 unspecified atom stereocenters. The van der Waals surface area contributed by atoms with E-state index in [4.69, 9.17) is 0 Å². The average Bonchev–Trinajstić information content (AvgIpc) is 2.92. The predicted octanol–water partition coefficient (Wildman–Crippen LogP) is 4.78. The van der Waals surface area contributed by atoms with Crippen molar-refractivity contribution in [2.75, 3.05) is 6.54 Å². The summed E-state index contributed by atoms with van der Waals surface area (Å²) in [7, 11) is 0. The normalized spacial score (nSPS) is 19.1. The molecule has 0 spiro atoms. The van der Waals surface area contributed by atoms with Crippen LogP contribution in [0.3, 0.4) is 0 Å². The van der Waals surface area contributed by atoms with Gasteiger partial charge in [0, 0.05) is 12.6 Å². The molecule has 1 aliphatic rings. The van der Waals surface area contributed by atoms with E-state index in [1.165, 1.54) is 28.7 Å². The molecule has 0 radical (unpaired) electrons. The van der Waals surface area contributed by atoms with Gasteiger partial charge in [-0.15, -0.1) is 0 Å². The molecule has 0 saturated carbocycles. The van der Waals surface area contributed by atoms with Crippen LogP contribution in [-0.2, 0) is 6.54 Å². The molecule has 1 aliphatic heterocycles. The zero-order chi connectivity index (χ0) is 14.8. The van der Waals surface area contributed by atoms with Crippen molar-refractivity contribution >= 4 is 0 Å². The third-order valence-corrected chi connectivity index (χ3v) is 4.50. The first-order chi connectivity index (χ1) is 10.1. The van der Waals surface area contributed by atoms with E-state index < -0.39 is 0 Å². The topological polar surface area (TPSA) is 3.24 Å². The van der Waals surface area contributed by atoms with Gasteiger partial charge in [0.25, 0.3) is 0 Å². The Morgan fingerprint density at radius 3 is 2.62 bits per heavy atom. The second-order valence-corrected chi connectivity index (χ2v) is 6.11. The van der Waals surface area contributed by atoms with Crippen LogP contribution in [-0.4, -0.2) is 11.4 Å². The molecule has 0 aromatic heterocycles. The molecule has 2 heteroatoms. The van der Waals surface area contributed by atoms with Gasteiger partial charge in [-0.25, -0.2) is 4.39 Å². The van der Waals surface area contributed by atoms with E-state index in [1.807, 2.05) is 12.1 Å². The standard InChI is InChI=1S/C19H22FN/c1-14-5-6-15(2)17(12-14)13-21-11-3-4-19(21)16-7-9-18(20)10-8-16/h5-10,12,19H,3-4,11,13H2,1-2H3/t19-/m1/s1. The van der Waals surface area contributed by atoms with Crippen molar-refractivity contribution in [1.29, 1.82) is 0 Å². The van der Waals surface area contributed by atoms with Crippen LogP contribution in [0.5, 0.6) is 0 Å². The number of nitrogens with zero attached hydrogens (tertiary/aromatic N) is 1. The quantitative estimate of drug-likeness (QED) is 0.783. The van der Waals surface area contributed by atoms with E-state index in [0.29, 0.717) is 6.04 Å². The lowest BCUT2D eigenvalue weighted by Crippen LogP contribution is -2.23. The van der Waals surface area contributed by atoms with Gasteiger partial charge in [0.2, 0.25) is 0 Å². The van der Waals surface area contributed by atoms with Gasteiger partial charge >= 0.3 is 0 Å². The van der Waals surface area contributed by atoms with Gasteiger partial charge in [0.15, 0.2) is 0 Å². The highest BCUT2D eigenvalue weighted by molar-refractivity contribution is 5.31. The van der Waals surface area contributed by atoms with Crippen LogP contribution in [0.2, 0.25) is 0 Å². The highest BCUT2D eigenvalue weighted by Crippen LogP contribution is 2.33. The summed E-state index contributed by atoms with van der Waals surface area (Å²) in [6.07, 6.45) is 2.38. The van der Waals surface area contributed by atoms with Crippen LogP contribution in [0.25, 0.3) is 0 Å². The first-order valence-electron chi connectivity index (χ1n) is 7.69. The molecule has 2 aromatic rings. The largest absolute Gasteiger partial charge is 0.292 e. The van der Waals surface area contributed by atoms with E-state index in [1.54, 1.807) is 12.1 Å². The minimum atomic E-state index is -0.155. The van der Waals surface area contributed by atoms with Crippen LogP contribution in [0.4, 0.5) is 4.39 Å². The van der Waals surface area contributed by atoms with Crippen molar-refractivity contribution in [2.45, 2.75) is 39.3 Å². The van der Waals surface area contributed by atoms with E-state index in [9.17, 15) is 4.39 Å². The lowest BCUT2D eigenvalue weighted by molar-refractivity contribution is 0.248. The average molecular weight is 283 g/mol. The summed E-state index contributed by atoms with van der Waals surface area (Å²) < 4.78 is 13.1. The number of hydrogen-bond acceptors (Lipinski definition) is 1. The molecule has 21 heavy (non-hydrogen) atoms. The maximum absolute atomic E-state index is 13.1. The highest BCUT2D eigenvalue weighted by Gasteiger charge is 2.26. The number of likely N-dealkylation sites (tertiary alicyclic amines) is 1. The Hall–Kier alpha value is -1.67. The number of hydrogen-bond donors (Lipinski definition) is 0. The molecule has 0 aliphatic carbocycles. The summed E-state index contributed by atoms with van der Waals surface area (Å²) in [5.74, 6) is -0.155. The SMILES string of the molecule is Cc1ccc(C)c(CN2CCC[C@@H]2c2ccc(F)cc2)c1. The zero-order valence-electron chi connectivity index (χ0n) is 12.8. The van der Waals surface area contributed by atoms with Crippen molar-refractivity contribution in [3.63, 3.8) is 0 Å². The van der Waals surface area contributed by atoms with Crippen molar-refractivity contribution < 1.29 is 4.39 Å². The zero-order valence-corrected chi connectivity index (χ0v) is 12.8. The molecular formula is C19H22FN. The fourth-order valence-corrected chi connectivity index (χ4v) is 3.27. The first kappa shape index (κ1) is 14.3. The molecule has 1 fully saturated rings. The van der Waals surface area contributed by atoms with E-state index in [0.717, 1.165) is 19.5 Å². The number of rotatable bonds is 3. The molecular weight excluding hydrogens is 261 g/mol. The van der Waals surface area contributed by atoms with E-state index in [-0.39, 0.29) is 5.82 Å². The molecule has 110 valence electrons. The van der Waals surface area contributed by atoms with Gasteiger partial charge in [-0.3, -0.25) is 4.90 Å². The summed E-state index contributed by atoms with van der Waals surface area (Å²) in [5.41, 5.74) is 5.31. The molecule has 1 heterocycles. The molecule has 0 N–H and O–H groups in total. The molecule has 3 rings (SSSR count). The van der Waals surface area contributed by atoms with Gasteiger partial charge < -0.3 is 0 Å². The van der Waals surface area contributed by atoms with Crippen LogP contribution in [0, 0.1) is 19.7 Å². The van der Waals surface area contributed by atoms with Crippen LogP contribution in [0.1, 0.15) is 41.1 Å². The predicted molar refractivity (Wildman–Crippen MR) is 84.7 cm³/mol. The first-order valence-corrected chi connectivity index (χ1v) is 7.69. The van der Waals surface area contributed by atoms with Crippen molar-refractivity contribution in [3.05, 3.63) is 70.5 Å². The molecule has 1 saturated heterocycles. The minimum absolute atomic E-state index is 0.155. The van der Waals surface area contributed by atoms with Crippen molar-refractivity contribution in [1.82, 2.24) is 4.90 Å². The number of aryl methyl sites for hydroxylation is 2. The monoisotopic (exact) mass is 283 g/mol. The summed E-state index contributed by atoms with van der Waals surface area (Å²) >= 11 is 0. The lowest BCUT2D eigenvalue weighted by Gasteiger charge is -2.26. The Kier molecular flexibility index (Phi) is 4.07. The van der Waals surface area contributed by atoms with Gasteiger partial charge in [-0.05, 0) is 62.1 Å². The Morgan fingerprint density at radius 1 is 1.10 bits per heavy atom. The summed E-state index contributed by atoms with van der Waals surface area (Å²) in [5, 5.41) is 0. The van der Waals surface area contributed by atoms with Gasteiger partial charge in [-0.2, -0.15) is 0 Å². The smallest absolute Gasteiger partial charge is 0.123 e. The Morgan fingerprint density at radius 2 is 1.86 bits per heavy atom. The van der Waals surface area contributed by atoms with Gasteiger partial charge in [0.05, 0.1) is 0 Å². The number of benzene rings is 2. The fraction of sp³-hybridized carbons (Fsp3) is 0.368. The van der Waals surface area contributed by atoms with Gasteiger partial charge in [0.1, 0.15) is 5.82 Å². The molecule has 1 nitrogen and oxygen atoms in total. The van der Waals surface area contributed by atoms with E-state index >= 15 is 0 Å². The molecule has 0 amide bonds. The number of halogens is 1. The van der Waals surface area contributed by atoms with Crippen molar-refractivity contribution in [3.8, 4) is 0 Å². The van der Waals surface area contributed by atoms with E-state index in [2.05, 4.69) is 36.9 Å². The molecule has 2 aromatic carbocycles. The second-order valence-electron chi connectivity index (χ2n) is 6.11. The maximum Gasteiger partial charge on any atom is 0.123 e. The Labute approximate surface area is 126 Å². The van der Waals surface area contributed by atoms with Crippen molar-refractivity contribution in [2.24, 2.45) is 0 Å². The van der Waals surface area contributed by atoms with Crippen LogP contribution >= 0.6 is 0 Å². The summed E-state index contributed by atoms with van der Waals surface area (Å²) in [6, 6.07) is 14.1. The minimum Gasteiger partial charge on any atom is -0.292 e. The lowest BCUT2D eigenvalue weighted by atomic mass is 10.0. The summed E-state index contributed by atoms with van der Waals surface area (Å²) in [6.45, 7) is 6.42. The molecule has 0 bridgehead atoms. The Bertz CT molecular complexity index is 618. The maximum atomic E-state index is 13.1. The summed E-state index contributed by atoms with van der Waals surface area (Å²) in [4.78, 5) is 2.52. The molecule has 1 atom stereocenters. The third-order valence-electron chi connectivity index (χ3n) is 4.50. The second kappa shape index (κ2) is 5.98. The highest BCUT2D eigenvalue weighted by atomic mass is 19.1. The van der Waals surface area contributed by atoms with Crippen LogP contribution in [0.15, 0.2) is 42.5 Å². The Balaban J connectivity index is 1.81. The fourth-order valence-electron chi connectivity index (χ4n) is 3.27. The third kappa shape index (κ3) is 3.16. The van der Waals surface area contributed by atoms with Gasteiger partial charge in [-0.1, -0.05) is 35.9 Å². The van der Waals surface area contributed by atoms with Crippen LogP contribution < -0.4 is 0 Å².